The van der Waals surface area contributed by atoms with E-state index in [1.165, 1.54) is 37.6 Å². The molecular formula is C20H18F3N3O3. The number of hydrogen-bond acceptors (Lipinski definition) is 5. The summed E-state index contributed by atoms with van der Waals surface area (Å²) in [7, 11) is 1.34. The Balaban J connectivity index is 2.00. The molecule has 0 aliphatic heterocycles. The third kappa shape index (κ3) is 4.87. The molecule has 6 nitrogen and oxygen atoms in total. The van der Waals surface area contributed by atoms with Crippen molar-refractivity contribution in [2.75, 3.05) is 12.4 Å². The fraction of sp³-hybridized carbons (Fsp3) is 0.200. The van der Waals surface area contributed by atoms with Gasteiger partial charge in [0.25, 0.3) is 0 Å². The van der Waals surface area contributed by atoms with Crippen LogP contribution in [-0.4, -0.2) is 23.3 Å². The molecule has 1 N–H and O–H groups in total. The van der Waals surface area contributed by atoms with E-state index in [0.717, 1.165) is 0 Å². The maximum atomic E-state index is 13.5. The summed E-state index contributed by atoms with van der Waals surface area (Å²) in [6.45, 7) is -1.18. The molecule has 0 bridgehead atoms. The Morgan fingerprint density at radius 2 is 1.93 bits per heavy atom. The average molecular weight is 405 g/mol. The average Bonchev–Trinajstić information content (AvgIpc) is 2.66. The summed E-state index contributed by atoms with van der Waals surface area (Å²) in [5.41, 5.74) is 0.860. The van der Waals surface area contributed by atoms with Crippen LogP contribution in [0.3, 0.4) is 0 Å². The van der Waals surface area contributed by atoms with Crippen LogP contribution in [0.2, 0.25) is 0 Å². The first-order valence-electron chi connectivity index (χ1n) is 8.58. The van der Waals surface area contributed by atoms with E-state index in [1.807, 2.05) is 0 Å². The van der Waals surface area contributed by atoms with E-state index in [9.17, 15) is 18.0 Å². The fourth-order valence-electron chi connectivity index (χ4n) is 2.76. The summed E-state index contributed by atoms with van der Waals surface area (Å²) in [6.07, 6.45) is 1.44. The summed E-state index contributed by atoms with van der Waals surface area (Å²) in [4.78, 5) is 16.1. The van der Waals surface area contributed by atoms with Crippen molar-refractivity contribution in [3.8, 4) is 11.5 Å². The number of anilines is 2. The topological polar surface area (TPSA) is 65.4 Å². The lowest BCUT2D eigenvalue weighted by Gasteiger charge is -2.17. The van der Waals surface area contributed by atoms with Crippen LogP contribution in [0.4, 0.5) is 24.8 Å². The van der Waals surface area contributed by atoms with E-state index in [2.05, 4.69) is 15.0 Å². The second kappa shape index (κ2) is 8.68. The molecule has 0 spiro atoms. The molecule has 9 heteroatoms. The van der Waals surface area contributed by atoms with Crippen LogP contribution in [0.5, 0.6) is 11.5 Å². The minimum absolute atomic E-state index is 0.00228. The minimum atomic E-state index is -2.96. The highest BCUT2D eigenvalue weighted by molar-refractivity contribution is 5.62. The van der Waals surface area contributed by atoms with Gasteiger partial charge in [0.05, 0.1) is 19.9 Å². The smallest absolute Gasteiger partial charge is 0.387 e. The van der Waals surface area contributed by atoms with Gasteiger partial charge in [-0.25, -0.2) is 4.39 Å². The summed E-state index contributed by atoms with van der Waals surface area (Å²) in [5, 5.41) is 2.96. The van der Waals surface area contributed by atoms with Crippen LogP contribution in [0.25, 0.3) is 0 Å². The van der Waals surface area contributed by atoms with Gasteiger partial charge in [0, 0.05) is 11.3 Å². The highest BCUT2D eigenvalue weighted by Crippen LogP contribution is 2.29. The molecule has 0 radical (unpaired) electrons. The Labute approximate surface area is 164 Å². The molecule has 0 amide bonds. The van der Waals surface area contributed by atoms with Crippen LogP contribution >= 0.6 is 0 Å². The van der Waals surface area contributed by atoms with Crippen molar-refractivity contribution in [1.82, 2.24) is 9.55 Å². The third-order valence-corrected chi connectivity index (χ3v) is 4.17. The molecule has 0 aliphatic rings. The maximum Gasteiger partial charge on any atom is 0.387 e. The zero-order chi connectivity index (χ0) is 21.0. The molecule has 29 heavy (non-hydrogen) atoms. The van der Waals surface area contributed by atoms with E-state index in [4.69, 9.17) is 4.74 Å². The van der Waals surface area contributed by atoms with Crippen molar-refractivity contribution in [3.63, 3.8) is 0 Å². The Morgan fingerprint density at radius 3 is 2.62 bits per heavy atom. The minimum Gasteiger partial charge on any atom is -0.490 e. The summed E-state index contributed by atoms with van der Waals surface area (Å²) in [5.74, 6) is -0.251. The van der Waals surface area contributed by atoms with Gasteiger partial charge in [0.2, 0.25) is 11.7 Å². The number of ether oxygens (including phenoxy) is 2. The van der Waals surface area contributed by atoms with Crippen molar-refractivity contribution >= 4 is 11.6 Å². The van der Waals surface area contributed by atoms with Gasteiger partial charge in [-0.1, -0.05) is 18.2 Å². The van der Waals surface area contributed by atoms with E-state index >= 15 is 0 Å². The van der Waals surface area contributed by atoms with Gasteiger partial charge in [-0.15, -0.1) is 0 Å². The summed E-state index contributed by atoms with van der Waals surface area (Å²) < 4.78 is 49.8. The number of nitrogens with one attached hydrogen (secondary N) is 1. The first-order valence-corrected chi connectivity index (χ1v) is 8.58. The maximum absolute atomic E-state index is 13.5. The molecule has 3 aromatic rings. The molecular weight excluding hydrogens is 387 g/mol. The van der Waals surface area contributed by atoms with Crippen molar-refractivity contribution in [2.24, 2.45) is 0 Å². The monoisotopic (exact) mass is 405 g/mol. The predicted octanol–water partition coefficient (Wildman–Crippen LogP) is 4.09. The van der Waals surface area contributed by atoms with Crippen molar-refractivity contribution in [1.29, 1.82) is 0 Å². The Bertz CT molecular complexity index is 1070. The normalized spacial score (nSPS) is 10.8. The SMILES string of the molecule is COc1cn(Cc2cccc(F)c2)c(Nc2cccc(OC(F)F)c2C)nc1=O. The highest BCUT2D eigenvalue weighted by atomic mass is 19.3. The Morgan fingerprint density at radius 1 is 1.17 bits per heavy atom. The predicted molar refractivity (Wildman–Crippen MR) is 102 cm³/mol. The van der Waals surface area contributed by atoms with E-state index in [-0.39, 0.29) is 24.0 Å². The van der Waals surface area contributed by atoms with Crippen LogP contribution in [-0.2, 0) is 6.54 Å². The second-order valence-electron chi connectivity index (χ2n) is 6.13. The van der Waals surface area contributed by atoms with Crippen LogP contribution in [0.15, 0.2) is 53.5 Å². The quantitative estimate of drug-likeness (QED) is 0.641. The molecule has 0 atom stereocenters. The van der Waals surface area contributed by atoms with Crippen molar-refractivity contribution < 1.29 is 22.6 Å². The van der Waals surface area contributed by atoms with Gasteiger partial charge in [-0.3, -0.25) is 4.79 Å². The summed E-state index contributed by atoms with van der Waals surface area (Å²) in [6, 6.07) is 10.6. The molecule has 2 aromatic carbocycles. The van der Waals surface area contributed by atoms with Crippen molar-refractivity contribution in [2.45, 2.75) is 20.1 Å². The molecule has 152 valence electrons. The van der Waals surface area contributed by atoms with E-state index in [1.54, 1.807) is 29.7 Å². The number of halogens is 3. The number of rotatable bonds is 7. The van der Waals surface area contributed by atoms with Crippen LogP contribution in [0, 0.1) is 12.7 Å². The molecule has 0 fully saturated rings. The van der Waals surface area contributed by atoms with Gasteiger partial charge in [0.1, 0.15) is 11.6 Å². The molecule has 0 saturated heterocycles. The molecule has 0 aliphatic carbocycles. The number of benzene rings is 2. The standard InChI is InChI=1S/C20H18F3N3O3/c1-12-15(7-4-8-16(12)29-19(22)23)24-20-25-18(27)17(28-2)11-26(20)10-13-5-3-6-14(21)9-13/h3-9,11,19H,10H2,1-2H3,(H,24,25,27). The second-order valence-corrected chi connectivity index (χ2v) is 6.13. The largest absolute Gasteiger partial charge is 0.490 e. The number of aromatic nitrogens is 2. The lowest BCUT2D eigenvalue weighted by molar-refractivity contribution is -0.0502. The van der Waals surface area contributed by atoms with E-state index in [0.29, 0.717) is 16.8 Å². The Kier molecular flexibility index (Phi) is 6.06. The molecule has 1 aromatic heterocycles. The van der Waals surface area contributed by atoms with Crippen LogP contribution in [0.1, 0.15) is 11.1 Å². The molecule has 1 heterocycles. The van der Waals surface area contributed by atoms with E-state index < -0.39 is 18.0 Å². The Hall–Kier alpha value is -3.49. The lowest BCUT2D eigenvalue weighted by atomic mass is 10.2. The van der Waals surface area contributed by atoms with Gasteiger partial charge in [-0.05, 0) is 36.8 Å². The number of hydrogen-bond donors (Lipinski definition) is 1. The summed E-state index contributed by atoms with van der Waals surface area (Å²) >= 11 is 0. The van der Waals surface area contributed by atoms with Gasteiger partial charge >= 0.3 is 12.2 Å². The molecule has 3 rings (SSSR count). The fourth-order valence-corrected chi connectivity index (χ4v) is 2.76. The highest BCUT2D eigenvalue weighted by Gasteiger charge is 2.14. The zero-order valence-electron chi connectivity index (χ0n) is 15.7. The first-order chi connectivity index (χ1) is 13.9. The van der Waals surface area contributed by atoms with Crippen LogP contribution < -0.4 is 20.3 Å². The zero-order valence-corrected chi connectivity index (χ0v) is 15.7. The third-order valence-electron chi connectivity index (χ3n) is 4.17. The van der Waals surface area contributed by atoms with Crippen molar-refractivity contribution in [3.05, 3.63) is 76.0 Å². The first kappa shape index (κ1) is 20.2. The lowest BCUT2D eigenvalue weighted by Crippen LogP contribution is -2.19. The number of alkyl halides is 2. The number of methoxy groups -OCH3 is 1. The van der Waals surface area contributed by atoms with Gasteiger partial charge < -0.3 is 19.4 Å². The molecule has 0 unspecified atom stereocenters. The van der Waals surface area contributed by atoms with Gasteiger partial charge in [0.15, 0.2) is 0 Å². The van der Waals surface area contributed by atoms with Gasteiger partial charge in [-0.2, -0.15) is 13.8 Å². The molecule has 0 saturated carbocycles. The number of nitrogens with zero attached hydrogens (tertiary/aromatic N) is 2.